The van der Waals surface area contributed by atoms with Gasteiger partial charge in [-0.05, 0) is 37.5 Å². The maximum absolute atomic E-state index is 12.4. The van der Waals surface area contributed by atoms with Crippen molar-refractivity contribution in [3.8, 4) is 0 Å². The van der Waals surface area contributed by atoms with Crippen molar-refractivity contribution >= 4 is 27.1 Å². The summed E-state index contributed by atoms with van der Waals surface area (Å²) in [7, 11) is -3.92. The van der Waals surface area contributed by atoms with Crippen LogP contribution < -0.4 is 10.0 Å². The molecule has 2 N–H and O–H groups in total. The molecule has 0 bridgehead atoms. The molecule has 2 amide bonds. The number of amides is 2. The van der Waals surface area contributed by atoms with Gasteiger partial charge < -0.3 is 14.6 Å². The Bertz CT molecular complexity index is 884. The molecule has 24 heavy (non-hydrogen) atoms. The van der Waals surface area contributed by atoms with E-state index in [9.17, 15) is 13.2 Å². The highest BCUT2D eigenvalue weighted by Crippen LogP contribution is 2.22. The van der Waals surface area contributed by atoms with Gasteiger partial charge in [0.1, 0.15) is 0 Å². The number of fused-ring (bicyclic) bond motifs is 1. The second-order valence-corrected chi connectivity index (χ2v) is 7.86. The molecule has 1 aliphatic heterocycles. The number of hydrogen-bond donors (Lipinski definition) is 2. The highest BCUT2D eigenvalue weighted by Gasteiger charge is 2.26. The molecule has 1 unspecified atom stereocenters. The van der Waals surface area contributed by atoms with E-state index < -0.39 is 16.1 Å². The summed E-state index contributed by atoms with van der Waals surface area (Å²) in [6.45, 7) is 1.40. The number of imidazole rings is 1. The van der Waals surface area contributed by atoms with Gasteiger partial charge in [-0.3, -0.25) is 0 Å². The smallest absolute Gasteiger partial charge is 0.328 e. The van der Waals surface area contributed by atoms with E-state index in [1.165, 1.54) is 12.1 Å². The highest BCUT2D eigenvalue weighted by atomic mass is 32.2. The number of carbonyl (C=O) groups is 1. The lowest BCUT2D eigenvalue weighted by molar-refractivity contribution is -0.0586. The molecule has 2 aromatic rings. The van der Waals surface area contributed by atoms with Crippen molar-refractivity contribution in [3.63, 3.8) is 0 Å². The fraction of sp³-hybridized carbons (Fsp3) is 0.467. The van der Waals surface area contributed by atoms with Gasteiger partial charge in [0.05, 0.1) is 34.9 Å². The maximum atomic E-state index is 12.4. The van der Waals surface area contributed by atoms with Gasteiger partial charge in [0.15, 0.2) is 0 Å². The van der Waals surface area contributed by atoms with Gasteiger partial charge in [0.25, 0.3) is 10.0 Å². The number of urea groups is 1. The summed E-state index contributed by atoms with van der Waals surface area (Å²) in [5.74, 6) is 0. The largest absolute Gasteiger partial charge is 0.376 e. The Morgan fingerprint density at radius 1 is 1.33 bits per heavy atom. The average molecular weight is 350 g/mol. The van der Waals surface area contributed by atoms with E-state index in [1.807, 2.05) is 4.57 Å². The Kier molecular flexibility index (Phi) is 3.69. The minimum absolute atomic E-state index is 0.0391. The van der Waals surface area contributed by atoms with Crippen molar-refractivity contribution in [2.45, 2.75) is 42.8 Å². The number of aromatic nitrogens is 2. The summed E-state index contributed by atoms with van der Waals surface area (Å²) in [4.78, 5) is 16.0. The van der Waals surface area contributed by atoms with Crippen LogP contribution in [0.25, 0.3) is 11.0 Å². The standard InChI is InChI=1S/C15H18N4O4S/c20-15(17-10-1-2-10)18-24(21,22)12-3-4-13-14(7-12)19(9-16-13)8-11-5-6-23-11/h3-4,7,9-11H,1-2,5-6,8H2,(H2,17,18,20). The molecule has 1 atom stereocenters. The first kappa shape index (κ1) is 15.4. The number of rotatable bonds is 5. The number of sulfonamides is 1. The lowest BCUT2D eigenvalue weighted by atomic mass is 10.2. The monoisotopic (exact) mass is 350 g/mol. The zero-order chi connectivity index (χ0) is 16.7. The molecule has 2 heterocycles. The molecular weight excluding hydrogens is 332 g/mol. The van der Waals surface area contributed by atoms with Crippen LogP contribution in [0.4, 0.5) is 4.79 Å². The Morgan fingerprint density at radius 2 is 2.12 bits per heavy atom. The van der Waals surface area contributed by atoms with Gasteiger partial charge in [-0.1, -0.05) is 0 Å². The lowest BCUT2D eigenvalue weighted by Gasteiger charge is -2.26. The van der Waals surface area contributed by atoms with Crippen molar-refractivity contribution in [2.75, 3.05) is 6.61 Å². The van der Waals surface area contributed by atoms with Gasteiger partial charge in [-0.25, -0.2) is 22.9 Å². The number of carbonyl (C=O) groups excluding carboxylic acids is 1. The quantitative estimate of drug-likeness (QED) is 0.837. The third-order valence-electron chi connectivity index (χ3n) is 4.24. The van der Waals surface area contributed by atoms with Crippen LogP contribution in [-0.2, 0) is 21.3 Å². The van der Waals surface area contributed by atoms with Gasteiger partial charge >= 0.3 is 6.03 Å². The molecule has 1 saturated heterocycles. The van der Waals surface area contributed by atoms with Crippen LogP contribution in [0.3, 0.4) is 0 Å². The van der Waals surface area contributed by atoms with Crippen LogP contribution >= 0.6 is 0 Å². The van der Waals surface area contributed by atoms with Crippen LogP contribution in [0, 0.1) is 0 Å². The zero-order valence-electron chi connectivity index (χ0n) is 12.9. The van der Waals surface area contributed by atoms with Crippen LogP contribution in [0.2, 0.25) is 0 Å². The van der Waals surface area contributed by atoms with E-state index in [1.54, 1.807) is 12.4 Å². The molecule has 8 nitrogen and oxygen atoms in total. The normalized spacial score (nSPS) is 20.6. The van der Waals surface area contributed by atoms with Crippen molar-refractivity contribution < 1.29 is 17.9 Å². The summed E-state index contributed by atoms with van der Waals surface area (Å²) in [5.41, 5.74) is 1.41. The summed E-state index contributed by atoms with van der Waals surface area (Å²) in [6.07, 6.45) is 4.59. The minimum atomic E-state index is -3.92. The Labute approximate surface area is 139 Å². The predicted octanol–water partition coefficient (Wildman–Crippen LogP) is 0.975. The SMILES string of the molecule is O=C(NC1CC1)NS(=O)(=O)c1ccc2ncn(CC3CCO3)c2c1. The number of ether oxygens (including phenoxy) is 1. The molecule has 0 spiro atoms. The second-order valence-electron chi connectivity index (χ2n) is 6.18. The molecule has 9 heteroatoms. The number of nitrogens with zero attached hydrogens (tertiary/aromatic N) is 2. The molecule has 2 aliphatic rings. The molecule has 0 radical (unpaired) electrons. The molecule has 1 aromatic carbocycles. The zero-order valence-corrected chi connectivity index (χ0v) is 13.8. The Balaban J connectivity index is 1.58. The Morgan fingerprint density at radius 3 is 2.79 bits per heavy atom. The lowest BCUT2D eigenvalue weighted by Crippen LogP contribution is -2.40. The van der Waals surface area contributed by atoms with Crippen molar-refractivity contribution in [1.82, 2.24) is 19.6 Å². The van der Waals surface area contributed by atoms with Crippen LogP contribution in [0.5, 0.6) is 0 Å². The molecule has 2 fully saturated rings. The van der Waals surface area contributed by atoms with Crippen LogP contribution in [0.15, 0.2) is 29.4 Å². The van der Waals surface area contributed by atoms with Crippen LogP contribution in [-0.4, -0.2) is 42.8 Å². The van der Waals surface area contributed by atoms with E-state index in [0.29, 0.717) is 17.6 Å². The number of hydrogen-bond acceptors (Lipinski definition) is 5. The molecule has 1 aromatic heterocycles. The van der Waals surface area contributed by atoms with Crippen LogP contribution in [0.1, 0.15) is 19.3 Å². The van der Waals surface area contributed by atoms with Crippen molar-refractivity contribution in [2.24, 2.45) is 0 Å². The fourth-order valence-electron chi connectivity index (χ4n) is 2.62. The first-order valence-corrected chi connectivity index (χ1v) is 9.39. The second kappa shape index (κ2) is 5.75. The topological polar surface area (TPSA) is 102 Å². The summed E-state index contributed by atoms with van der Waals surface area (Å²) >= 11 is 0. The van der Waals surface area contributed by atoms with E-state index in [-0.39, 0.29) is 17.0 Å². The molecule has 128 valence electrons. The number of benzene rings is 1. The van der Waals surface area contributed by atoms with Gasteiger partial charge in [0, 0.05) is 12.6 Å². The van der Waals surface area contributed by atoms with Gasteiger partial charge in [-0.2, -0.15) is 0 Å². The van der Waals surface area contributed by atoms with E-state index in [0.717, 1.165) is 25.9 Å². The van der Waals surface area contributed by atoms with Crippen molar-refractivity contribution in [1.29, 1.82) is 0 Å². The van der Waals surface area contributed by atoms with E-state index >= 15 is 0 Å². The first-order chi connectivity index (χ1) is 11.5. The van der Waals surface area contributed by atoms with E-state index in [4.69, 9.17) is 4.74 Å². The third-order valence-corrected chi connectivity index (χ3v) is 5.56. The summed E-state index contributed by atoms with van der Waals surface area (Å²) in [6, 6.07) is 4.03. The number of nitrogens with one attached hydrogen (secondary N) is 2. The third kappa shape index (κ3) is 3.09. The molecule has 4 rings (SSSR count). The molecule has 1 aliphatic carbocycles. The molecular formula is C15H18N4O4S. The molecule has 1 saturated carbocycles. The van der Waals surface area contributed by atoms with E-state index in [2.05, 4.69) is 15.0 Å². The highest BCUT2D eigenvalue weighted by molar-refractivity contribution is 7.90. The van der Waals surface area contributed by atoms with Gasteiger partial charge in [0.2, 0.25) is 0 Å². The minimum Gasteiger partial charge on any atom is -0.376 e. The summed E-state index contributed by atoms with van der Waals surface area (Å²) < 4.78 is 34.1. The predicted molar refractivity (Wildman–Crippen MR) is 86.0 cm³/mol. The van der Waals surface area contributed by atoms with Crippen molar-refractivity contribution in [3.05, 3.63) is 24.5 Å². The Hall–Kier alpha value is -2.13. The average Bonchev–Trinajstić information content (AvgIpc) is 3.20. The van der Waals surface area contributed by atoms with Gasteiger partial charge in [-0.15, -0.1) is 0 Å². The summed E-state index contributed by atoms with van der Waals surface area (Å²) in [5, 5.41) is 2.60. The fourth-order valence-corrected chi connectivity index (χ4v) is 3.56. The maximum Gasteiger partial charge on any atom is 0.328 e. The first-order valence-electron chi connectivity index (χ1n) is 7.91.